The highest BCUT2D eigenvalue weighted by atomic mass is 35.5. The summed E-state index contributed by atoms with van der Waals surface area (Å²) in [7, 11) is 0. The van der Waals surface area contributed by atoms with Crippen molar-refractivity contribution in [1.82, 2.24) is 4.98 Å². The SMILES string of the molecule is Fc1cccc(CN(c2ccccn2)c2cc3c(cc2Cl)OC(F)(F)O3)c1Cl. The molecule has 4 rings (SSSR count). The summed E-state index contributed by atoms with van der Waals surface area (Å²) < 4.78 is 49.6. The number of halogens is 5. The number of pyridine rings is 1. The summed E-state index contributed by atoms with van der Waals surface area (Å²) in [5.74, 6) is -0.467. The van der Waals surface area contributed by atoms with Gasteiger partial charge < -0.3 is 14.4 Å². The van der Waals surface area contributed by atoms with Gasteiger partial charge in [0.2, 0.25) is 0 Å². The number of ether oxygens (including phenoxy) is 2. The summed E-state index contributed by atoms with van der Waals surface area (Å²) in [6, 6.07) is 12.1. The zero-order chi connectivity index (χ0) is 19.9. The van der Waals surface area contributed by atoms with E-state index in [-0.39, 0.29) is 28.1 Å². The first kappa shape index (κ1) is 18.7. The molecule has 0 spiro atoms. The Hall–Kier alpha value is -2.64. The number of nitrogens with zero attached hydrogens (tertiary/aromatic N) is 2. The average Bonchev–Trinajstić information content (AvgIpc) is 2.96. The normalized spacial score (nSPS) is 14.2. The van der Waals surface area contributed by atoms with Crippen molar-refractivity contribution in [2.45, 2.75) is 12.8 Å². The molecular weight excluding hydrogens is 416 g/mol. The molecule has 1 aliphatic heterocycles. The molecule has 0 aliphatic carbocycles. The third-order valence-corrected chi connectivity index (χ3v) is 4.77. The zero-order valence-corrected chi connectivity index (χ0v) is 15.5. The molecule has 9 heteroatoms. The van der Waals surface area contributed by atoms with Crippen LogP contribution in [0.5, 0.6) is 11.5 Å². The minimum absolute atomic E-state index is 0.0492. The van der Waals surface area contributed by atoms with Crippen LogP contribution in [0.2, 0.25) is 10.0 Å². The number of aromatic nitrogens is 1. The second kappa shape index (κ2) is 7.07. The van der Waals surface area contributed by atoms with Crippen LogP contribution in [0.25, 0.3) is 0 Å². The number of rotatable bonds is 4. The summed E-state index contributed by atoms with van der Waals surface area (Å²) in [5.41, 5.74) is 0.784. The van der Waals surface area contributed by atoms with E-state index in [9.17, 15) is 13.2 Å². The van der Waals surface area contributed by atoms with Gasteiger partial charge in [-0.1, -0.05) is 41.4 Å². The maximum absolute atomic E-state index is 13.9. The van der Waals surface area contributed by atoms with Gasteiger partial charge in [-0.05, 0) is 23.8 Å². The minimum Gasteiger partial charge on any atom is -0.395 e. The smallest absolute Gasteiger partial charge is 0.395 e. The van der Waals surface area contributed by atoms with Crippen LogP contribution in [0.1, 0.15) is 5.56 Å². The Morgan fingerprint density at radius 1 is 1.00 bits per heavy atom. The van der Waals surface area contributed by atoms with Crippen molar-refractivity contribution in [2.75, 3.05) is 4.90 Å². The van der Waals surface area contributed by atoms with E-state index in [1.54, 1.807) is 35.4 Å². The second-order valence-electron chi connectivity index (χ2n) is 5.90. The molecule has 2 aromatic carbocycles. The lowest BCUT2D eigenvalue weighted by Gasteiger charge is -2.25. The van der Waals surface area contributed by atoms with Crippen LogP contribution in [0.15, 0.2) is 54.7 Å². The van der Waals surface area contributed by atoms with Crippen molar-refractivity contribution in [3.05, 3.63) is 76.2 Å². The van der Waals surface area contributed by atoms with Gasteiger partial charge in [0.15, 0.2) is 11.5 Å². The van der Waals surface area contributed by atoms with E-state index in [4.69, 9.17) is 23.2 Å². The molecule has 0 amide bonds. The number of hydrogen-bond donors (Lipinski definition) is 0. The summed E-state index contributed by atoms with van der Waals surface area (Å²) in [6.45, 7) is 0.0867. The standard InChI is InChI=1S/C19H11Cl2F3N2O2/c20-12-8-15-16(28-19(23,24)27-15)9-14(12)26(17-6-1-2-7-25-17)10-11-4-3-5-13(22)18(11)21/h1-9H,10H2. The second-order valence-corrected chi connectivity index (χ2v) is 6.69. The number of anilines is 2. The molecule has 2 heterocycles. The van der Waals surface area contributed by atoms with Gasteiger partial charge in [-0.15, -0.1) is 8.78 Å². The van der Waals surface area contributed by atoms with Crippen LogP contribution in [-0.4, -0.2) is 11.3 Å². The van der Waals surface area contributed by atoms with Crippen molar-refractivity contribution in [1.29, 1.82) is 0 Å². The van der Waals surface area contributed by atoms with Gasteiger partial charge in [0, 0.05) is 18.3 Å². The monoisotopic (exact) mass is 426 g/mol. The molecular formula is C19H11Cl2F3N2O2. The molecule has 1 aliphatic rings. The lowest BCUT2D eigenvalue weighted by Crippen LogP contribution is -2.25. The molecule has 144 valence electrons. The van der Waals surface area contributed by atoms with Gasteiger partial charge in [-0.2, -0.15) is 0 Å². The van der Waals surface area contributed by atoms with Gasteiger partial charge >= 0.3 is 6.29 Å². The van der Waals surface area contributed by atoms with Crippen molar-refractivity contribution in [3.8, 4) is 11.5 Å². The van der Waals surface area contributed by atoms with Crippen molar-refractivity contribution in [2.24, 2.45) is 0 Å². The molecule has 0 unspecified atom stereocenters. The third-order valence-electron chi connectivity index (χ3n) is 4.05. The molecule has 0 saturated carbocycles. The van der Waals surface area contributed by atoms with E-state index in [1.807, 2.05) is 0 Å². The van der Waals surface area contributed by atoms with E-state index in [0.29, 0.717) is 17.1 Å². The lowest BCUT2D eigenvalue weighted by atomic mass is 10.1. The summed E-state index contributed by atoms with van der Waals surface area (Å²) in [5, 5.41) is 0.0741. The minimum atomic E-state index is -3.77. The number of hydrogen-bond acceptors (Lipinski definition) is 4. The van der Waals surface area contributed by atoms with Crippen LogP contribution < -0.4 is 14.4 Å². The summed E-state index contributed by atoms with van der Waals surface area (Å²) in [4.78, 5) is 5.89. The first-order valence-electron chi connectivity index (χ1n) is 8.05. The number of benzene rings is 2. The molecule has 0 saturated heterocycles. The van der Waals surface area contributed by atoms with Gasteiger partial charge in [-0.25, -0.2) is 9.37 Å². The average molecular weight is 427 g/mol. The Morgan fingerprint density at radius 3 is 2.46 bits per heavy atom. The van der Waals surface area contributed by atoms with Gasteiger partial charge in [-0.3, -0.25) is 0 Å². The van der Waals surface area contributed by atoms with Crippen LogP contribution in [0.4, 0.5) is 24.7 Å². The third kappa shape index (κ3) is 3.55. The van der Waals surface area contributed by atoms with E-state index >= 15 is 0 Å². The zero-order valence-electron chi connectivity index (χ0n) is 14.0. The highest BCUT2D eigenvalue weighted by Gasteiger charge is 2.44. The predicted molar refractivity (Wildman–Crippen MR) is 99.1 cm³/mol. The first-order chi connectivity index (χ1) is 13.3. The number of fused-ring (bicyclic) bond motifs is 1. The van der Waals surface area contributed by atoms with Gasteiger partial charge in [0.1, 0.15) is 11.6 Å². The Morgan fingerprint density at radius 2 is 1.75 bits per heavy atom. The molecule has 3 aromatic rings. The molecule has 0 radical (unpaired) electrons. The van der Waals surface area contributed by atoms with Crippen molar-refractivity contribution in [3.63, 3.8) is 0 Å². The Labute approximate surface area is 168 Å². The highest BCUT2D eigenvalue weighted by molar-refractivity contribution is 6.33. The Balaban J connectivity index is 1.80. The van der Waals surface area contributed by atoms with E-state index in [0.717, 1.165) is 0 Å². The molecule has 0 bridgehead atoms. The molecule has 0 atom stereocenters. The summed E-state index contributed by atoms with van der Waals surface area (Å²) in [6.07, 6.45) is -2.21. The topological polar surface area (TPSA) is 34.6 Å². The van der Waals surface area contributed by atoms with Crippen LogP contribution in [-0.2, 0) is 6.54 Å². The van der Waals surface area contributed by atoms with Crippen molar-refractivity contribution < 1.29 is 22.6 Å². The highest BCUT2D eigenvalue weighted by Crippen LogP contribution is 2.47. The van der Waals surface area contributed by atoms with E-state index < -0.39 is 12.1 Å². The molecule has 0 N–H and O–H groups in total. The number of alkyl halides is 2. The van der Waals surface area contributed by atoms with E-state index in [1.165, 1.54) is 24.3 Å². The molecule has 1 aromatic heterocycles. The molecule has 0 fully saturated rings. The Kier molecular flexibility index (Phi) is 4.72. The molecule has 4 nitrogen and oxygen atoms in total. The maximum Gasteiger partial charge on any atom is 0.586 e. The first-order valence-corrected chi connectivity index (χ1v) is 8.80. The van der Waals surface area contributed by atoms with Crippen molar-refractivity contribution >= 4 is 34.7 Å². The lowest BCUT2D eigenvalue weighted by molar-refractivity contribution is -0.286. The fourth-order valence-corrected chi connectivity index (χ4v) is 3.25. The fraction of sp³-hybridized carbons (Fsp3) is 0.105. The summed E-state index contributed by atoms with van der Waals surface area (Å²) >= 11 is 12.4. The van der Waals surface area contributed by atoms with Gasteiger partial charge in [0.25, 0.3) is 0 Å². The van der Waals surface area contributed by atoms with Crippen LogP contribution >= 0.6 is 23.2 Å². The van der Waals surface area contributed by atoms with E-state index in [2.05, 4.69) is 14.5 Å². The van der Waals surface area contributed by atoms with Crippen LogP contribution in [0, 0.1) is 5.82 Å². The predicted octanol–water partition coefficient (Wildman–Crippen LogP) is 6.19. The quantitative estimate of drug-likeness (QED) is 0.498. The maximum atomic E-state index is 13.9. The molecule has 28 heavy (non-hydrogen) atoms. The van der Waals surface area contributed by atoms with Gasteiger partial charge in [0.05, 0.1) is 22.3 Å². The van der Waals surface area contributed by atoms with Crippen LogP contribution in [0.3, 0.4) is 0 Å². The largest absolute Gasteiger partial charge is 0.586 e. The fourth-order valence-electron chi connectivity index (χ4n) is 2.81. The Bertz CT molecular complexity index is 1040.